The summed E-state index contributed by atoms with van der Waals surface area (Å²) in [6.07, 6.45) is 6.54. The molecule has 3 aliphatic carbocycles. The number of nitrogens with one attached hydrogen (secondary N) is 1. The maximum absolute atomic E-state index is 12.2. The number of rotatable bonds is 6. The Morgan fingerprint density at radius 1 is 1.26 bits per heavy atom. The zero-order valence-electron chi connectivity index (χ0n) is 11.2. The predicted molar refractivity (Wildman–Crippen MR) is 69.5 cm³/mol. The van der Waals surface area contributed by atoms with Crippen LogP contribution in [0.2, 0.25) is 0 Å². The number of aliphatic carboxylic acids is 1. The fraction of sp³-hybridized carbons (Fsp3) is 0.714. The Hall–Kier alpha value is -1.36. The minimum absolute atomic E-state index is 0.0113. The normalized spacial score (nSPS) is 32.3. The molecule has 3 aliphatic rings. The topological polar surface area (TPSA) is 75.6 Å². The molecule has 19 heavy (non-hydrogen) atoms. The summed E-state index contributed by atoms with van der Waals surface area (Å²) in [7, 11) is 1.62. The number of carbonyl (C=O) groups is 2. The highest BCUT2D eigenvalue weighted by Crippen LogP contribution is 2.44. The van der Waals surface area contributed by atoms with Gasteiger partial charge in [0.1, 0.15) is 0 Å². The monoisotopic (exact) mass is 267 g/mol. The Morgan fingerprint density at radius 2 is 1.89 bits per heavy atom. The SMILES string of the molecule is COCCCNC(=O)C1C2C=CC(CC2)C1C(=O)O. The van der Waals surface area contributed by atoms with E-state index in [2.05, 4.69) is 5.32 Å². The fourth-order valence-corrected chi connectivity index (χ4v) is 3.23. The maximum atomic E-state index is 12.2. The molecule has 5 heteroatoms. The first kappa shape index (κ1) is 14.1. The van der Waals surface area contributed by atoms with Crippen LogP contribution in [0.4, 0.5) is 0 Å². The molecule has 1 saturated carbocycles. The number of amides is 1. The van der Waals surface area contributed by atoms with Crippen LogP contribution in [0.1, 0.15) is 19.3 Å². The number of ether oxygens (including phenoxy) is 1. The molecule has 4 atom stereocenters. The molecule has 0 aromatic rings. The minimum Gasteiger partial charge on any atom is -0.481 e. The van der Waals surface area contributed by atoms with E-state index in [1.807, 2.05) is 12.2 Å². The summed E-state index contributed by atoms with van der Waals surface area (Å²) in [6, 6.07) is 0. The average Bonchev–Trinajstić information content (AvgIpc) is 2.43. The van der Waals surface area contributed by atoms with Gasteiger partial charge in [-0.25, -0.2) is 0 Å². The number of carboxylic acid groups (broad SMARTS) is 1. The molecule has 3 rings (SSSR count). The van der Waals surface area contributed by atoms with E-state index in [4.69, 9.17) is 4.74 Å². The molecule has 2 N–H and O–H groups in total. The highest BCUT2D eigenvalue weighted by molar-refractivity contribution is 5.86. The van der Waals surface area contributed by atoms with Gasteiger partial charge in [0.05, 0.1) is 11.8 Å². The standard InChI is InChI=1S/C14H21NO4/c1-19-8-2-7-15-13(16)11-9-3-5-10(6-4-9)12(11)14(17)18/h3,5,9-12H,2,4,6-8H2,1H3,(H,15,16)(H,17,18). The number of fused-ring (bicyclic) bond motifs is 2. The average molecular weight is 267 g/mol. The fourth-order valence-electron chi connectivity index (χ4n) is 3.23. The maximum Gasteiger partial charge on any atom is 0.307 e. The van der Waals surface area contributed by atoms with Crippen LogP contribution in [0.25, 0.3) is 0 Å². The van der Waals surface area contributed by atoms with Gasteiger partial charge in [-0.3, -0.25) is 9.59 Å². The molecular weight excluding hydrogens is 246 g/mol. The quantitative estimate of drug-likeness (QED) is 0.557. The van der Waals surface area contributed by atoms with Gasteiger partial charge in [0.2, 0.25) is 5.91 Å². The van der Waals surface area contributed by atoms with Gasteiger partial charge in [-0.05, 0) is 31.1 Å². The lowest BCUT2D eigenvalue weighted by atomic mass is 9.62. The van der Waals surface area contributed by atoms with Crippen molar-refractivity contribution in [3.8, 4) is 0 Å². The van der Waals surface area contributed by atoms with Crippen LogP contribution in [0.3, 0.4) is 0 Å². The summed E-state index contributed by atoms with van der Waals surface area (Å²) in [5.41, 5.74) is 0. The Labute approximate surface area is 113 Å². The smallest absolute Gasteiger partial charge is 0.307 e. The lowest BCUT2D eigenvalue weighted by molar-refractivity contribution is -0.153. The van der Waals surface area contributed by atoms with Crippen molar-refractivity contribution in [3.05, 3.63) is 12.2 Å². The van der Waals surface area contributed by atoms with Crippen LogP contribution in [-0.2, 0) is 14.3 Å². The highest BCUT2D eigenvalue weighted by Gasteiger charge is 2.47. The summed E-state index contributed by atoms with van der Waals surface area (Å²) >= 11 is 0. The van der Waals surface area contributed by atoms with Crippen LogP contribution in [-0.4, -0.2) is 37.2 Å². The second-order valence-corrected chi connectivity index (χ2v) is 5.32. The van der Waals surface area contributed by atoms with E-state index in [0.29, 0.717) is 13.2 Å². The van der Waals surface area contributed by atoms with Crippen molar-refractivity contribution >= 4 is 11.9 Å². The molecule has 0 aliphatic heterocycles. The van der Waals surface area contributed by atoms with Crippen LogP contribution < -0.4 is 5.32 Å². The first-order valence-corrected chi connectivity index (χ1v) is 6.83. The third-order valence-corrected chi connectivity index (χ3v) is 4.16. The molecule has 106 valence electrons. The van der Waals surface area contributed by atoms with Gasteiger partial charge in [0.15, 0.2) is 0 Å². The first-order valence-electron chi connectivity index (χ1n) is 6.83. The van der Waals surface area contributed by atoms with E-state index in [0.717, 1.165) is 19.3 Å². The second kappa shape index (κ2) is 6.19. The minimum atomic E-state index is -0.851. The third-order valence-electron chi connectivity index (χ3n) is 4.16. The van der Waals surface area contributed by atoms with Crippen LogP contribution in [0, 0.1) is 23.7 Å². The molecule has 1 fully saturated rings. The van der Waals surface area contributed by atoms with Crippen molar-refractivity contribution in [2.24, 2.45) is 23.7 Å². The number of hydrogen-bond donors (Lipinski definition) is 2. The summed E-state index contributed by atoms with van der Waals surface area (Å²) in [5, 5.41) is 12.2. The predicted octanol–water partition coefficient (Wildman–Crippen LogP) is 1.05. The lowest BCUT2D eigenvalue weighted by Gasteiger charge is -2.41. The molecule has 1 amide bonds. The third kappa shape index (κ3) is 2.97. The van der Waals surface area contributed by atoms with E-state index in [1.165, 1.54) is 0 Å². The van der Waals surface area contributed by atoms with Gasteiger partial charge in [0, 0.05) is 20.3 Å². The Kier molecular flexibility index (Phi) is 4.58. The molecule has 0 heterocycles. The number of carbonyl (C=O) groups excluding carboxylic acids is 1. The van der Waals surface area contributed by atoms with Crippen molar-refractivity contribution in [1.82, 2.24) is 5.32 Å². The summed E-state index contributed by atoms with van der Waals surface area (Å²) in [6.45, 7) is 1.13. The summed E-state index contributed by atoms with van der Waals surface area (Å²) < 4.78 is 4.92. The van der Waals surface area contributed by atoms with Gasteiger partial charge in [-0.1, -0.05) is 12.2 Å². The Balaban J connectivity index is 1.98. The molecule has 0 aromatic carbocycles. The van der Waals surface area contributed by atoms with Crippen LogP contribution >= 0.6 is 0 Å². The molecule has 2 bridgehead atoms. The largest absolute Gasteiger partial charge is 0.481 e. The van der Waals surface area contributed by atoms with Crippen LogP contribution in [0.5, 0.6) is 0 Å². The van der Waals surface area contributed by atoms with Gasteiger partial charge < -0.3 is 15.2 Å². The van der Waals surface area contributed by atoms with E-state index in [9.17, 15) is 14.7 Å². The Morgan fingerprint density at radius 3 is 2.42 bits per heavy atom. The number of allylic oxidation sites excluding steroid dienone is 2. The summed E-state index contributed by atoms with van der Waals surface area (Å²) in [5.74, 6) is -1.86. The molecule has 0 saturated heterocycles. The molecule has 0 spiro atoms. The van der Waals surface area contributed by atoms with Crippen LogP contribution in [0.15, 0.2) is 12.2 Å². The molecule has 4 unspecified atom stereocenters. The van der Waals surface area contributed by atoms with Crippen molar-refractivity contribution in [1.29, 1.82) is 0 Å². The first-order chi connectivity index (χ1) is 9.15. The molecule has 5 nitrogen and oxygen atoms in total. The van der Waals surface area contributed by atoms with Crippen molar-refractivity contribution < 1.29 is 19.4 Å². The molecule has 0 radical (unpaired) electrons. The number of methoxy groups -OCH3 is 1. The van der Waals surface area contributed by atoms with Gasteiger partial charge in [-0.2, -0.15) is 0 Å². The highest BCUT2D eigenvalue weighted by atomic mass is 16.5. The van der Waals surface area contributed by atoms with E-state index in [-0.39, 0.29) is 17.7 Å². The van der Waals surface area contributed by atoms with E-state index in [1.54, 1.807) is 7.11 Å². The number of hydrogen-bond acceptors (Lipinski definition) is 3. The zero-order valence-corrected chi connectivity index (χ0v) is 11.2. The Bertz CT molecular complexity index is 380. The number of carboxylic acids is 1. The van der Waals surface area contributed by atoms with Crippen molar-refractivity contribution in [2.45, 2.75) is 19.3 Å². The molecular formula is C14H21NO4. The molecule has 0 aromatic heterocycles. The van der Waals surface area contributed by atoms with Gasteiger partial charge in [-0.15, -0.1) is 0 Å². The lowest BCUT2D eigenvalue weighted by Crippen LogP contribution is -2.49. The van der Waals surface area contributed by atoms with Crippen molar-refractivity contribution in [3.63, 3.8) is 0 Å². The van der Waals surface area contributed by atoms with E-state index < -0.39 is 17.8 Å². The van der Waals surface area contributed by atoms with Crippen molar-refractivity contribution in [2.75, 3.05) is 20.3 Å². The second-order valence-electron chi connectivity index (χ2n) is 5.32. The zero-order chi connectivity index (χ0) is 13.8. The van der Waals surface area contributed by atoms with E-state index >= 15 is 0 Å². The summed E-state index contributed by atoms with van der Waals surface area (Å²) in [4.78, 5) is 23.6. The van der Waals surface area contributed by atoms with Gasteiger partial charge in [0.25, 0.3) is 0 Å². The van der Waals surface area contributed by atoms with Gasteiger partial charge >= 0.3 is 5.97 Å².